The normalized spacial score (nSPS) is 12.3. The summed E-state index contributed by atoms with van der Waals surface area (Å²) in [5, 5.41) is 5.56. The van der Waals surface area contributed by atoms with E-state index < -0.39 is 24.5 Å². The van der Waals surface area contributed by atoms with Crippen molar-refractivity contribution in [2.45, 2.75) is 24.8 Å². The second-order valence-electron chi connectivity index (χ2n) is 7.70. The molecule has 0 aliphatic carbocycles. The highest BCUT2D eigenvalue weighted by molar-refractivity contribution is 7.98. The van der Waals surface area contributed by atoms with Crippen molar-refractivity contribution in [2.75, 3.05) is 12.4 Å². The first kappa shape index (κ1) is 25.1. The molecule has 34 heavy (non-hydrogen) atoms. The number of nitrogens with one attached hydrogen (secondary N) is 2. The van der Waals surface area contributed by atoms with Crippen LogP contribution in [0.1, 0.15) is 34.5 Å². The van der Waals surface area contributed by atoms with Gasteiger partial charge in [-0.15, -0.1) is 0 Å². The predicted molar refractivity (Wildman–Crippen MR) is 134 cm³/mol. The van der Waals surface area contributed by atoms with Crippen LogP contribution in [-0.4, -0.2) is 36.2 Å². The quantitative estimate of drug-likeness (QED) is 0.407. The lowest BCUT2D eigenvalue weighted by Gasteiger charge is -2.18. The Morgan fingerprint density at radius 2 is 1.41 bits per heavy atom. The number of carbonyl (C=O) groups excluding carboxylic acids is 3. The van der Waals surface area contributed by atoms with Gasteiger partial charge in [0.2, 0.25) is 0 Å². The summed E-state index contributed by atoms with van der Waals surface area (Å²) in [6.07, 6.45) is 0. The molecular formula is C27H28N2O4S. The number of hydrogen-bond donors (Lipinski definition) is 2. The summed E-state index contributed by atoms with van der Waals surface area (Å²) < 4.78 is 5.26. The van der Waals surface area contributed by atoms with Gasteiger partial charge < -0.3 is 15.4 Å². The van der Waals surface area contributed by atoms with E-state index >= 15 is 0 Å². The highest BCUT2D eigenvalue weighted by Gasteiger charge is 2.24. The third kappa shape index (κ3) is 8.08. The van der Waals surface area contributed by atoms with Crippen LogP contribution in [0.3, 0.4) is 0 Å². The molecule has 0 fully saturated rings. The van der Waals surface area contributed by atoms with Gasteiger partial charge >= 0.3 is 5.97 Å². The second-order valence-corrected chi connectivity index (χ2v) is 8.73. The number of benzene rings is 3. The molecule has 0 radical (unpaired) electrons. The zero-order valence-corrected chi connectivity index (χ0v) is 19.8. The highest BCUT2D eigenvalue weighted by Crippen LogP contribution is 2.14. The van der Waals surface area contributed by atoms with E-state index in [0.717, 1.165) is 11.1 Å². The fourth-order valence-electron chi connectivity index (χ4n) is 3.21. The lowest BCUT2D eigenvalue weighted by molar-refractivity contribution is -0.150. The molecule has 3 rings (SSSR count). The topological polar surface area (TPSA) is 84.5 Å². The molecule has 0 heterocycles. The molecule has 0 spiro atoms. The summed E-state index contributed by atoms with van der Waals surface area (Å²) in [7, 11) is 0. The summed E-state index contributed by atoms with van der Waals surface area (Å²) in [6, 6.07) is 26.9. The van der Waals surface area contributed by atoms with Crippen molar-refractivity contribution in [3.05, 3.63) is 108 Å². The zero-order chi connectivity index (χ0) is 24.2. The van der Waals surface area contributed by atoms with Crippen molar-refractivity contribution in [1.29, 1.82) is 0 Å². The standard InChI is InChI=1S/C27H28N2O4S/c1-20(22-13-7-3-8-14-22)28-25(30)17-33-27(32)24(19-34-18-21-11-5-2-6-12-21)29-26(31)23-15-9-4-10-16-23/h2-16,20,24H,17-19H2,1H3,(H,28,30)(H,29,31)/t20-,24-/m1/s1. The average molecular weight is 477 g/mol. The van der Waals surface area contributed by atoms with Crippen LogP contribution < -0.4 is 10.6 Å². The third-order valence-corrected chi connectivity index (χ3v) is 6.15. The van der Waals surface area contributed by atoms with Crippen LogP contribution in [0, 0.1) is 0 Å². The smallest absolute Gasteiger partial charge is 0.330 e. The van der Waals surface area contributed by atoms with Crippen molar-refractivity contribution < 1.29 is 19.1 Å². The SMILES string of the molecule is C[C@@H](NC(=O)COC(=O)[C@@H](CSCc1ccccc1)NC(=O)c1ccccc1)c1ccccc1. The summed E-state index contributed by atoms with van der Waals surface area (Å²) >= 11 is 1.51. The van der Waals surface area contributed by atoms with Crippen molar-refractivity contribution in [2.24, 2.45) is 0 Å². The molecule has 176 valence electrons. The molecule has 2 amide bonds. The van der Waals surface area contributed by atoms with Crippen molar-refractivity contribution in [3.63, 3.8) is 0 Å². The van der Waals surface area contributed by atoms with E-state index in [4.69, 9.17) is 4.74 Å². The van der Waals surface area contributed by atoms with Gasteiger partial charge in [0.15, 0.2) is 6.61 Å². The van der Waals surface area contributed by atoms with Crippen LogP contribution in [0.5, 0.6) is 0 Å². The lowest BCUT2D eigenvalue weighted by atomic mass is 10.1. The molecule has 0 aliphatic heterocycles. The van der Waals surface area contributed by atoms with Gasteiger partial charge in [0.1, 0.15) is 6.04 Å². The van der Waals surface area contributed by atoms with Gasteiger partial charge in [0, 0.05) is 17.1 Å². The van der Waals surface area contributed by atoms with E-state index in [-0.39, 0.29) is 11.9 Å². The van der Waals surface area contributed by atoms with E-state index in [0.29, 0.717) is 17.1 Å². The Morgan fingerprint density at radius 1 is 0.824 bits per heavy atom. The van der Waals surface area contributed by atoms with Gasteiger partial charge in [-0.2, -0.15) is 11.8 Å². The number of rotatable bonds is 11. The first-order valence-electron chi connectivity index (χ1n) is 11.0. The number of amides is 2. The van der Waals surface area contributed by atoms with Gasteiger partial charge in [-0.25, -0.2) is 4.79 Å². The van der Waals surface area contributed by atoms with Gasteiger partial charge in [-0.1, -0.05) is 78.9 Å². The molecule has 0 aromatic heterocycles. The molecule has 2 N–H and O–H groups in total. The van der Waals surface area contributed by atoms with Crippen LogP contribution in [-0.2, 0) is 20.1 Å². The van der Waals surface area contributed by atoms with Gasteiger partial charge in [0.25, 0.3) is 11.8 Å². The van der Waals surface area contributed by atoms with Crippen molar-refractivity contribution in [3.8, 4) is 0 Å². The molecule has 6 nitrogen and oxygen atoms in total. The monoisotopic (exact) mass is 476 g/mol. The molecule has 3 aromatic rings. The van der Waals surface area contributed by atoms with Gasteiger partial charge in [0.05, 0.1) is 6.04 Å². The average Bonchev–Trinajstić information content (AvgIpc) is 2.88. The van der Waals surface area contributed by atoms with E-state index in [1.54, 1.807) is 24.3 Å². The summed E-state index contributed by atoms with van der Waals surface area (Å²) in [5.74, 6) is -0.429. The Labute approximate surface area is 204 Å². The molecule has 0 aliphatic rings. The number of thioether (sulfide) groups is 1. The Hall–Kier alpha value is -3.58. The minimum absolute atomic E-state index is 0.220. The molecule has 0 saturated carbocycles. The summed E-state index contributed by atoms with van der Waals surface area (Å²) in [4.78, 5) is 37.7. The van der Waals surface area contributed by atoms with E-state index in [2.05, 4.69) is 10.6 Å². The van der Waals surface area contributed by atoms with Crippen LogP contribution in [0.15, 0.2) is 91.0 Å². The number of esters is 1. The van der Waals surface area contributed by atoms with Crippen molar-refractivity contribution >= 4 is 29.5 Å². The zero-order valence-electron chi connectivity index (χ0n) is 19.0. The maximum Gasteiger partial charge on any atom is 0.330 e. The molecular weight excluding hydrogens is 448 g/mol. The maximum absolute atomic E-state index is 12.8. The Kier molecular flexibility index (Phi) is 9.73. The molecule has 0 saturated heterocycles. The fourth-order valence-corrected chi connectivity index (χ4v) is 4.22. The van der Waals surface area contributed by atoms with Crippen LogP contribution in [0.25, 0.3) is 0 Å². The third-order valence-electron chi connectivity index (χ3n) is 5.04. The molecule has 3 aromatic carbocycles. The largest absolute Gasteiger partial charge is 0.454 e. The number of hydrogen-bond acceptors (Lipinski definition) is 5. The van der Waals surface area contributed by atoms with Crippen LogP contribution in [0.2, 0.25) is 0 Å². The van der Waals surface area contributed by atoms with Gasteiger partial charge in [-0.3, -0.25) is 9.59 Å². The maximum atomic E-state index is 12.8. The van der Waals surface area contributed by atoms with E-state index in [1.165, 1.54) is 11.8 Å². The first-order chi connectivity index (χ1) is 16.5. The minimum atomic E-state index is -0.888. The fraction of sp³-hybridized carbons (Fsp3) is 0.222. The molecule has 0 unspecified atom stereocenters. The lowest BCUT2D eigenvalue weighted by Crippen LogP contribution is -2.44. The Morgan fingerprint density at radius 3 is 2.06 bits per heavy atom. The molecule has 2 atom stereocenters. The van der Waals surface area contributed by atoms with Gasteiger partial charge in [-0.05, 0) is 30.2 Å². The number of carbonyl (C=O) groups is 3. The van der Waals surface area contributed by atoms with Crippen LogP contribution >= 0.6 is 11.8 Å². The van der Waals surface area contributed by atoms with Crippen molar-refractivity contribution in [1.82, 2.24) is 10.6 Å². The number of ether oxygens (including phenoxy) is 1. The van der Waals surface area contributed by atoms with Crippen LogP contribution in [0.4, 0.5) is 0 Å². The Bertz CT molecular complexity index is 1060. The highest BCUT2D eigenvalue weighted by atomic mass is 32.2. The molecule has 7 heteroatoms. The van der Waals surface area contributed by atoms with E-state index in [1.807, 2.05) is 73.7 Å². The Balaban J connectivity index is 1.56. The second kappa shape index (κ2) is 13.2. The first-order valence-corrected chi connectivity index (χ1v) is 12.2. The predicted octanol–water partition coefficient (Wildman–Crippen LogP) is 4.14. The molecule has 0 bridgehead atoms. The van der Waals surface area contributed by atoms with E-state index in [9.17, 15) is 14.4 Å². The minimum Gasteiger partial charge on any atom is -0.454 e. The summed E-state index contributed by atoms with van der Waals surface area (Å²) in [5.41, 5.74) is 2.51. The summed E-state index contributed by atoms with van der Waals surface area (Å²) in [6.45, 7) is 1.44.